The Balaban J connectivity index is 1.66. The quantitative estimate of drug-likeness (QED) is 0.546. The van der Waals surface area contributed by atoms with Gasteiger partial charge in [0.15, 0.2) is 6.61 Å². The Morgan fingerprint density at radius 3 is 2.54 bits per heavy atom. The van der Waals surface area contributed by atoms with Crippen LogP contribution in [0.5, 0.6) is 0 Å². The fraction of sp³-hybridized carbons (Fsp3) is 0.111. The number of halogens is 2. The average Bonchev–Trinajstić information content (AvgIpc) is 3.30. The minimum atomic E-state index is -0.551. The minimum Gasteiger partial charge on any atom is -0.451 e. The first-order chi connectivity index (χ1) is 12.5. The van der Waals surface area contributed by atoms with Crippen LogP contribution in [0.25, 0.3) is 0 Å². The summed E-state index contributed by atoms with van der Waals surface area (Å²) in [6.45, 7) is -0.391. The molecular weight excluding hydrogens is 441 g/mol. The molecule has 134 valence electrons. The Kier molecular flexibility index (Phi) is 6.18. The molecule has 0 fully saturated rings. The van der Waals surface area contributed by atoms with Crippen molar-refractivity contribution in [1.82, 2.24) is 5.32 Å². The van der Waals surface area contributed by atoms with Crippen LogP contribution in [0.15, 0.2) is 57.7 Å². The van der Waals surface area contributed by atoms with Gasteiger partial charge in [0.2, 0.25) is 0 Å². The maximum atomic E-state index is 13.2. The second-order valence-corrected chi connectivity index (χ2v) is 8.69. The van der Waals surface area contributed by atoms with E-state index in [1.54, 1.807) is 24.3 Å². The SMILES string of the molecule is O=C(COC(=O)c1ccc(Br)s1)NC(c1ccc(F)cc1)c1cccs1. The van der Waals surface area contributed by atoms with Crippen molar-refractivity contribution < 1.29 is 18.7 Å². The number of thiophene rings is 2. The maximum absolute atomic E-state index is 13.2. The molecule has 2 heterocycles. The molecule has 0 saturated heterocycles. The second kappa shape index (κ2) is 8.57. The molecule has 1 amide bonds. The molecule has 4 nitrogen and oxygen atoms in total. The predicted octanol–water partition coefficient (Wildman–Crippen LogP) is 4.77. The Morgan fingerprint density at radius 2 is 1.92 bits per heavy atom. The fourth-order valence-corrected chi connectivity index (χ4v) is 4.34. The highest BCUT2D eigenvalue weighted by Gasteiger charge is 2.19. The molecule has 1 N–H and O–H groups in total. The number of nitrogens with one attached hydrogen (secondary N) is 1. The van der Waals surface area contributed by atoms with Crippen molar-refractivity contribution >= 4 is 50.5 Å². The number of amides is 1. The van der Waals surface area contributed by atoms with Gasteiger partial charge in [0, 0.05) is 4.88 Å². The molecule has 0 spiro atoms. The molecule has 0 bridgehead atoms. The van der Waals surface area contributed by atoms with Gasteiger partial charge in [0.25, 0.3) is 5.91 Å². The highest BCUT2D eigenvalue weighted by molar-refractivity contribution is 9.11. The van der Waals surface area contributed by atoms with E-state index in [0.29, 0.717) is 4.88 Å². The summed E-state index contributed by atoms with van der Waals surface area (Å²) in [6, 6.07) is 12.6. The maximum Gasteiger partial charge on any atom is 0.348 e. The normalized spacial score (nSPS) is 11.8. The highest BCUT2D eigenvalue weighted by atomic mass is 79.9. The average molecular weight is 454 g/mol. The van der Waals surface area contributed by atoms with Crippen molar-refractivity contribution in [2.45, 2.75) is 6.04 Å². The van der Waals surface area contributed by atoms with Crippen molar-refractivity contribution in [1.29, 1.82) is 0 Å². The summed E-state index contributed by atoms with van der Waals surface area (Å²) >= 11 is 5.98. The van der Waals surface area contributed by atoms with E-state index in [1.807, 2.05) is 17.5 Å². The summed E-state index contributed by atoms with van der Waals surface area (Å²) in [5, 5.41) is 4.73. The standard InChI is InChI=1S/C18H13BrFNO3S2/c19-15-8-7-14(26-15)18(23)24-10-16(22)21-17(13-2-1-9-25-13)11-3-5-12(20)6-4-11/h1-9,17H,10H2,(H,21,22). The molecule has 2 aromatic heterocycles. The Bertz CT molecular complexity index is 894. The van der Waals surface area contributed by atoms with Crippen LogP contribution < -0.4 is 5.32 Å². The van der Waals surface area contributed by atoms with Crippen LogP contribution in [0.2, 0.25) is 0 Å². The molecule has 0 aliphatic rings. The van der Waals surface area contributed by atoms with Gasteiger partial charge in [-0.05, 0) is 57.2 Å². The summed E-state index contributed by atoms with van der Waals surface area (Å²) in [7, 11) is 0. The number of ether oxygens (including phenoxy) is 1. The van der Waals surface area contributed by atoms with Crippen molar-refractivity contribution in [3.05, 3.63) is 78.8 Å². The monoisotopic (exact) mass is 453 g/mol. The summed E-state index contributed by atoms with van der Waals surface area (Å²) in [4.78, 5) is 25.5. The van der Waals surface area contributed by atoms with Crippen molar-refractivity contribution in [3.63, 3.8) is 0 Å². The van der Waals surface area contributed by atoms with Gasteiger partial charge in [-0.3, -0.25) is 4.79 Å². The number of carbonyl (C=O) groups excluding carboxylic acids is 2. The molecule has 0 aliphatic carbocycles. The molecule has 8 heteroatoms. The lowest BCUT2D eigenvalue weighted by Crippen LogP contribution is -2.32. The van der Waals surface area contributed by atoms with Crippen LogP contribution in [0, 0.1) is 5.82 Å². The Morgan fingerprint density at radius 1 is 1.15 bits per heavy atom. The van der Waals surface area contributed by atoms with Gasteiger partial charge in [-0.2, -0.15) is 0 Å². The second-order valence-electron chi connectivity index (χ2n) is 5.25. The summed E-state index contributed by atoms with van der Waals surface area (Å²) in [6.07, 6.45) is 0. The van der Waals surface area contributed by atoms with Crippen LogP contribution in [0.4, 0.5) is 4.39 Å². The van der Waals surface area contributed by atoms with E-state index < -0.39 is 24.5 Å². The number of carbonyl (C=O) groups is 2. The number of esters is 1. The smallest absolute Gasteiger partial charge is 0.348 e. The molecule has 3 rings (SSSR count). The molecule has 1 unspecified atom stereocenters. The minimum absolute atomic E-state index is 0.346. The third-order valence-electron chi connectivity index (χ3n) is 3.45. The zero-order chi connectivity index (χ0) is 18.5. The van der Waals surface area contributed by atoms with E-state index in [2.05, 4.69) is 21.2 Å². The number of benzene rings is 1. The van der Waals surface area contributed by atoms with Gasteiger partial charge in [0.1, 0.15) is 10.7 Å². The molecule has 0 saturated carbocycles. The van der Waals surface area contributed by atoms with Gasteiger partial charge in [-0.15, -0.1) is 22.7 Å². The largest absolute Gasteiger partial charge is 0.451 e. The van der Waals surface area contributed by atoms with E-state index in [0.717, 1.165) is 14.2 Å². The molecule has 3 aromatic rings. The van der Waals surface area contributed by atoms with Crippen LogP contribution in [-0.2, 0) is 9.53 Å². The summed E-state index contributed by atoms with van der Waals surface area (Å²) in [5.74, 6) is -1.33. The van der Waals surface area contributed by atoms with Crippen LogP contribution in [-0.4, -0.2) is 18.5 Å². The van der Waals surface area contributed by atoms with E-state index in [4.69, 9.17) is 4.74 Å². The van der Waals surface area contributed by atoms with Crippen LogP contribution in [0.1, 0.15) is 26.2 Å². The lowest BCUT2D eigenvalue weighted by atomic mass is 10.1. The van der Waals surface area contributed by atoms with Gasteiger partial charge in [-0.25, -0.2) is 9.18 Å². The molecular formula is C18H13BrFNO3S2. The molecule has 0 aliphatic heterocycles. The van der Waals surface area contributed by atoms with Crippen molar-refractivity contribution in [2.75, 3.05) is 6.61 Å². The van der Waals surface area contributed by atoms with Crippen LogP contribution in [0.3, 0.4) is 0 Å². The van der Waals surface area contributed by atoms with Crippen molar-refractivity contribution in [3.8, 4) is 0 Å². The predicted molar refractivity (Wildman–Crippen MR) is 103 cm³/mol. The van der Waals surface area contributed by atoms with Crippen molar-refractivity contribution in [2.24, 2.45) is 0 Å². The first kappa shape index (κ1) is 18.8. The van der Waals surface area contributed by atoms with E-state index in [9.17, 15) is 14.0 Å². The lowest BCUT2D eigenvalue weighted by Gasteiger charge is -2.18. The van der Waals surface area contributed by atoms with E-state index >= 15 is 0 Å². The third-order valence-corrected chi connectivity index (χ3v) is 5.99. The van der Waals surface area contributed by atoms with Gasteiger partial charge >= 0.3 is 5.97 Å². The number of hydrogen-bond acceptors (Lipinski definition) is 5. The number of hydrogen-bond donors (Lipinski definition) is 1. The van der Waals surface area contributed by atoms with E-state index in [1.165, 1.54) is 34.8 Å². The zero-order valence-corrected chi connectivity index (χ0v) is 16.5. The highest BCUT2D eigenvalue weighted by Crippen LogP contribution is 2.26. The molecule has 26 heavy (non-hydrogen) atoms. The molecule has 1 aromatic carbocycles. The van der Waals surface area contributed by atoms with Gasteiger partial charge in [0.05, 0.1) is 9.83 Å². The fourth-order valence-electron chi connectivity index (χ4n) is 2.26. The van der Waals surface area contributed by atoms with Gasteiger partial charge < -0.3 is 10.1 Å². The molecule has 0 radical (unpaired) electrons. The van der Waals surface area contributed by atoms with Gasteiger partial charge in [-0.1, -0.05) is 18.2 Å². The Hall–Kier alpha value is -2.03. The summed E-state index contributed by atoms with van der Waals surface area (Å²) < 4.78 is 19.0. The first-order valence-electron chi connectivity index (χ1n) is 7.53. The third kappa shape index (κ3) is 4.78. The first-order valence-corrected chi connectivity index (χ1v) is 10.0. The topological polar surface area (TPSA) is 55.4 Å². The Labute approximate surface area is 165 Å². The van der Waals surface area contributed by atoms with E-state index in [-0.39, 0.29) is 5.82 Å². The summed E-state index contributed by atoms with van der Waals surface area (Å²) in [5.41, 5.74) is 0.746. The lowest BCUT2D eigenvalue weighted by molar-refractivity contribution is -0.124. The number of rotatable bonds is 6. The molecule has 1 atom stereocenters. The zero-order valence-electron chi connectivity index (χ0n) is 13.3. The van der Waals surface area contributed by atoms with Crippen LogP contribution >= 0.6 is 38.6 Å².